The summed E-state index contributed by atoms with van der Waals surface area (Å²) in [7, 11) is 3.75. The maximum Gasteiger partial charge on any atom is 0.0749 e. The molecule has 3 rings (SSSR count). The molecule has 0 saturated heterocycles. The molecule has 3 N–H and O–H groups in total. The number of hydrogen-bond acceptors (Lipinski definition) is 3. The number of hydrogen-bond donors (Lipinski definition) is 3. The number of allylic oxidation sites excluding steroid dienone is 2. The third-order valence-electron chi connectivity index (χ3n) is 6.51. The zero-order valence-electron chi connectivity index (χ0n) is 17.2. The van der Waals surface area contributed by atoms with Gasteiger partial charge in [-0.3, -0.25) is 0 Å². The van der Waals surface area contributed by atoms with E-state index in [0.29, 0.717) is 17.8 Å². The number of nitrogens with one attached hydrogen (secondary N) is 1. The van der Waals surface area contributed by atoms with Crippen molar-refractivity contribution in [1.29, 1.82) is 0 Å². The average molecular weight is 364 g/mol. The first kappa shape index (κ1) is 21.7. The Morgan fingerprint density at radius 3 is 2.54 bits per heavy atom. The highest BCUT2D eigenvalue weighted by Gasteiger charge is 2.45. The van der Waals surface area contributed by atoms with E-state index in [9.17, 15) is 10.2 Å². The lowest BCUT2D eigenvalue weighted by atomic mass is 9.89. The molecule has 150 valence electrons. The summed E-state index contributed by atoms with van der Waals surface area (Å²) in [5, 5.41) is 23.5. The monoisotopic (exact) mass is 363 g/mol. The maximum absolute atomic E-state index is 10.4. The molecule has 0 bridgehead atoms. The maximum atomic E-state index is 10.4. The largest absolute Gasteiger partial charge is 0.392 e. The van der Waals surface area contributed by atoms with E-state index in [1.807, 2.05) is 20.2 Å². The van der Waals surface area contributed by atoms with E-state index in [2.05, 4.69) is 24.4 Å². The molecule has 3 saturated carbocycles. The van der Waals surface area contributed by atoms with Gasteiger partial charge in [-0.05, 0) is 70.4 Å². The van der Waals surface area contributed by atoms with Crippen molar-refractivity contribution in [3.8, 4) is 0 Å². The van der Waals surface area contributed by atoms with Crippen LogP contribution in [-0.4, -0.2) is 36.5 Å². The Hall–Kier alpha value is -0.640. The summed E-state index contributed by atoms with van der Waals surface area (Å²) in [5.74, 6) is 1.97. The molecule has 26 heavy (non-hydrogen) atoms. The topological polar surface area (TPSA) is 52.5 Å². The molecule has 3 aliphatic carbocycles. The second kappa shape index (κ2) is 11.3. The van der Waals surface area contributed by atoms with Crippen molar-refractivity contribution in [2.45, 2.75) is 83.3 Å². The van der Waals surface area contributed by atoms with Gasteiger partial charge in [-0.15, -0.1) is 0 Å². The molecule has 0 aromatic heterocycles. The number of aliphatic hydroxyl groups excluding tert-OH is 2. The van der Waals surface area contributed by atoms with Crippen molar-refractivity contribution in [3.05, 3.63) is 23.8 Å². The number of unbranched alkanes of at least 4 members (excludes halogenated alkanes) is 2. The third-order valence-corrected chi connectivity index (χ3v) is 6.51. The predicted molar refractivity (Wildman–Crippen MR) is 110 cm³/mol. The molecule has 3 heteroatoms. The van der Waals surface area contributed by atoms with Crippen LogP contribution in [0.4, 0.5) is 0 Å². The quantitative estimate of drug-likeness (QED) is 0.483. The second-order valence-electron chi connectivity index (χ2n) is 8.64. The van der Waals surface area contributed by atoms with Crippen molar-refractivity contribution in [2.75, 3.05) is 14.1 Å². The van der Waals surface area contributed by atoms with Crippen LogP contribution in [-0.2, 0) is 0 Å². The molecule has 0 unspecified atom stereocenters. The Morgan fingerprint density at radius 1 is 1.19 bits per heavy atom. The summed E-state index contributed by atoms with van der Waals surface area (Å²) in [5.41, 5.74) is 1.62. The van der Waals surface area contributed by atoms with E-state index >= 15 is 0 Å². The van der Waals surface area contributed by atoms with Crippen LogP contribution in [0.5, 0.6) is 0 Å². The van der Waals surface area contributed by atoms with Crippen LogP contribution in [0.2, 0.25) is 0 Å². The Bertz CT molecular complexity index is 453. The summed E-state index contributed by atoms with van der Waals surface area (Å²) in [4.78, 5) is 0. The summed E-state index contributed by atoms with van der Waals surface area (Å²) >= 11 is 0. The van der Waals surface area contributed by atoms with Crippen LogP contribution >= 0.6 is 0 Å². The molecule has 3 fully saturated rings. The van der Waals surface area contributed by atoms with Gasteiger partial charge in [0.15, 0.2) is 0 Å². The van der Waals surface area contributed by atoms with Crippen LogP contribution in [0.3, 0.4) is 0 Å². The molecule has 0 aromatic carbocycles. The molecule has 3 nitrogen and oxygen atoms in total. The first-order valence-corrected chi connectivity index (χ1v) is 10.9. The van der Waals surface area contributed by atoms with Crippen molar-refractivity contribution < 1.29 is 10.2 Å². The lowest BCUT2D eigenvalue weighted by Gasteiger charge is -2.19. The summed E-state index contributed by atoms with van der Waals surface area (Å²) in [6.07, 6.45) is 18.1. The van der Waals surface area contributed by atoms with Gasteiger partial charge in [0.05, 0.1) is 12.2 Å². The fourth-order valence-electron chi connectivity index (χ4n) is 5.15. The molecule has 0 radical (unpaired) electrons. The first-order valence-electron chi connectivity index (χ1n) is 10.9. The molecule has 0 amide bonds. The molecular weight excluding hydrogens is 322 g/mol. The van der Waals surface area contributed by atoms with Crippen LogP contribution in [0.15, 0.2) is 23.8 Å². The van der Waals surface area contributed by atoms with Crippen molar-refractivity contribution >= 4 is 0 Å². The zero-order chi connectivity index (χ0) is 18.9. The summed E-state index contributed by atoms with van der Waals surface area (Å²) in [6.45, 7) is 2.24. The summed E-state index contributed by atoms with van der Waals surface area (Å²) < 4.78 is 0. The van der Waals surface area contributed by atoms with Crippen LogP contribution in [0, 0.1) is 23.7 Å². The van der Waals surface area contributed by atoms with Gasteiger partial charge >= 0.3 is 0 Å². The van der Waals surface area contributed by atoms with E-state index in [-0.39, 0.29) is 18.1 Å². The van der Waals surface area contributed by atoms with E-state index < -0.39 is 0 Å². The predicted octanol–water partition coefficient (Wildman–Crippen LogP) is 4.45. The van der Waals surface area contributed by atoms with Gasteiger partial charge in [-0.25, -0.2) is 0 Å². The van der Waals surface area contributed by atoms with E-state index in [4.69, 9.17) is 0 Å². The Labute approximate surface area is 161 Å². The smallest absolute Gasteiger partial charge is 0.0749 e. The third kappa shape index (κ3) is 5.94. The second-order valence-corrected chi connectivity index (χ2v) is 8.64. The molecular formula is C23H41NO2. The van der Waals surface area contributed by atoms with Gasteiger partial charge < -0.3 is 15.5 Å². The summed E-state index contributed by atoms with van der Waals surface area (Å²) in [6, 6.07) is 0. The minimum absolute atomic E-state index is 0.200. The van der Waals surface area contributed by atoms with E-state index in [1.165, 1.54) is 44.9 Å². The Kier molecular flexibility index (Phi) is 9.38. The minimum atomic E-state index is -0.301. The molecule has 0 aromatic rings. The molecule has 0 aliphatic heterocycles. The molecule has 3 aliphatic rings. The molecule has 0 spiro atoms. The van der Waals surface area contributed by atoms with Crippen LogP contribution in [0.25, 0.3) is 0 Å². The fourth-order valence-corrected chi connectivity index (χ4v) is 5.15. The van der Waals surface area contributed by atoms with Gasteiger partial charge in [0, 0.05) is 5.92 Å². The van der Waals surface area contributed by atoms with Gasteiger partial charge in [-0.1, -0.05) is 56.4 Å². The fraction of sp³-hybridized carbons (Fsp3) is 0.826. The van der Waals surface area contributed by atoms with E-state index in [0.717, 1.165) is 19.3 Å². The standard InChI is InChI=1S/C21H34O2.C2H7N/c1-2-3-4-7-15-12-17-14-21(23)18(19(17)13-15)10-11-20(22)16-8-5-6-9-16;1-3-2/h7,10-11,16-23H,2-6,8-9,12-14H2,1H3;3H,1-2H3/t17-,18+,19-,20+,21+;/m0./s1. The van der Waals surface area contributed by atoms with Crippen LogP contribution in [0.1, 0.15) is 71.1 Å². The van der Waals surface area contributed by atoms with E-state index in [1.54, 1.807) is 5.57 Å². The Balaban J connectivity index is 0.000000758. The lowest BCUT2D eigenvalue weighted by molar-refractivity contribution is 0.135. The first-order chi connectivity index (χ1) is 12.6. The van der Waals surface area contributed by atoms with Crippen molar-refractivity contribution in [1.82, 2.24) is 5.32 Å². The van der Waals surface area contributed by atoms with Gasteiger partial charge in [0.25, 0.3) is 0 Å². The highest BCUT2D eigenvalue weighted by Crippen LogP contribution is 2.50. The van der Waals surface area contributed by atoms with Crippen molar-refractivity contribution in [2.24, 2.45) is 23.7 Å². The number of fused-ring (bicyclic) bond motifs is 1. The van der Waals surface area contributed by atoms with Gasteiger partial charge in [0.1, 0.15) is 0 Å². The van der Waals surface area contributed by atoms with Crippen molar-refractivity contribution in [3.63, 3.8) is 0 Å². The SMILES string of the molecule is CCCCC=C1C[C@H]2C[C@@H](O)[C@H](C=C[C@@H](O)C3CCCC3)[C@H]2C1.CNC. The average Bonchev–Trinajstić information content (AvgIpc) is 3.31. The molecule has 0 heterocycles. The zero-order valence-corrected chi connectivity index (χ0v) is 17.2. The molecule has 5 atom stereocenters. The lowest BCUT2D eigenvalue weighted by Crippen LogP contribution is -2.19. The Morgan fingerprint density at radius 2 is 1.88 bits per heavy atom. The van der Waals surface area contributed by atoms with Gasteiger partial charge in [0.2, 0.25) is 0 Å². The normalized spacial score (nSPS) is 34.3. The highest BCUT2D eigenvalue weighted by molar-refractivity contribution is 5.18. The number of rotatable bonds is 6. The highest BCUT2D eigenvalue weighted by atomic mass is 16.3. The minimum Gasteiger partial charge on any atom is -0.392 e. The number of aliphatic hydroxyl groups is 2. The van der Waals surface area contributed by atoms with Gasteiger partial charge in [-0.2, -0.15) is 0 Å². The van der Waals surface area contributed by atoms with Crippen LogP contribution < -0.4 is 5.32 Å².